The smallest absolute Gasteiger partial charge is 0.150 e. The van der Waals surface area contributed by atoms with Crippen molar-refractivity contribution in [3.8, 4) is 5.75 Å². The second kappa shape index (κ2) is 5.15. The van der Waals surface area contributed by atoms with Crippen molar-refractivity contribution >= 4 is 6.29 Å². The summed E-state index contributed by atoms with van der Waals surface area (Å²) in [6.45, 7) is 2.29. The van der Waals surface area contributed by atoms with Gasteiger partial charge in [-0.05, 0) is 43.7 Å². The van der Waals surface area contributed by atoms with Crippen LogP contribution in [0.2, 0.25) is 0 Å². The zero-order valence-corrected chi connectivity index (χ0v) is 9.69. The Labute approximate surface area is 96.6 Å². The number of aldehydes is 1. The van der Waals surface area contributed by atoms with Gasteiger partial charge in [-0.15, -0.1) is 0 Å². The quantitative estimate of drug-likeness (QED) is 0.726. The minimum atomic E-state index is 0.332. The molecule has 0 heterocycles. The third-order valence-electron chi connectivity index (χ3n) is 3.26. The Morgan fingerprint density at radius 1 is 1.25 bits per heavy atom. The Bertz CT molecular complexity index is 352. The Kier molecular flexibility index (Phi) is 3.60. The molecule has 1 aromatic carbocycles. The van der Waals surface area contributed by atoms with E-state index in [9.17, 15) is 4.79 Å². The van der Waals surface area contributed by atoms with Gasteiger partial charge in [-0.1, -0.05) is 19.1 Å². The molecular formula is C14H18O2. The van der Waals surface area contributed by atoms with Crippen LogP contribution in [0.1, 0.15) is 43.0 Å². The van der Waals surface area contributed by atoms with Gasteiger partial charge in [0.25, 0.3) is 0 Å². The molecular weight excluding hydrogens is 200 g/mol. The molecule has 2 rings (SSSR count). The minimum absolute atomic E-state index is 0.332. The maximum Gasteiger partial charge on any atom is 0.150 e. The van der Waals surface area contributed by atoms with E-state index in [4.69, 9.17) is 4.74 Å². The van der Waals surface area contributed by atoms with Gasteiger partial charge >= 0.3 is 0 Å². The summed E-state index contributed by atoms with van der Waals surface area (Å²) in [6, 6.07) is 7.39. The topological polar surface area (TPSA) is 26.3 Å². The molecule has 1 fully saturated rings. The third kappa shape index (κ3) is 2.84. The first-order valence-corrected chi connectivity index (χ1v) is 6.00. The van der Waals surface area contributed by atoms with E-state index in [-0.39, 0.29) is 0 Å². The van der Waals surface area contributed by atoms with Crippen LogP contribution in [0.4, 0.5) is 0 Å². The van der Waals surface area contributed by atoms with E-state index >= 15 is 0 Å². The zero-order valence-electron chi connectivity index (χ0n) is 9.69. The van der Waals surface area contributed by atoms with Gasteiger partial charge in [0, 0.05) is 5.56 Å². The summed E-state index contributed by atoms with van der Waals surface area (Å²) < 4.78 is 5.89. The van der Waals surface area contributed by atoms with Gasteiger partial charge in [0.2, 0.25) is 0 Å². The molecule has 16 heavy (non-hydrogen) atoms. The molecule has 0 spiro atoms. The Morgan fingerprint density at radius 2 is 2.00 bits per heavy atom. The molecule has 1 saturated carbocycles. The minimum Gasteiger partial charge on any atom is -0.490 e. The van der Waals surface area contributed by atoms with Crippen LogP contribution in [0.3, 0.4) is 0 Å². The summed E-state index contributed by atoms with van der Waals surface area (Å²) in [6.07, 6.45) is 5.95. The molecule has 86 valence electrons. The van der Waals surface area contributed by atoms with E-state index in [2.05, 4.69) is 6.92 Å². The molecule has 1 aliphatic rings. The van der Waals surface area contributed by atoms with Crippen molar-refractivity contribution in [1.29, 1.82) is 0 Å². The first-order chi connectivity index (χ1) is 7.78. The van der Waals surface area contributed by atoms with Crippen molar-refractivity contribution in [2.75, 3.05) is 0 Å². The monoisotopic (exact) mass is 218 g/mol. The highest BCUT2D eigenvalue weighted by atomic mass is 16.5. The summed E-state index contributed by atoms with van der Waals surface area (Å²) in [5.41, 5.74) is 0.682. The third-order valence-corrected chi connectivity index (χ3v) is 3.26. The number of benzene rings is 1. The van der Waals surface area contributed by atoms with Gasteiger partial charge in [-0.2, -0.15) is 0 Å². The van der Waals surface area contributed by atoms with Gasteiger partial charge in [0.05, 0.1) is 6.10 Å². The lowest BCUT2D eigenvalue weighted by Gasteiger charge is -2.26. The van der Waals surface area contributed by atoms with Gasteiger partial charge in [0.15, 0.2) is 0 Å². The summed E-state index contributed by atoms with van der Waals surface area (Å²) >= 11 is 0. The predicted octanol–water partition coefficient (Wildman–Crippen LogP) is 3.46. The Hall–Kier alpha value is -1.31. The van der Waals surface area contributed by atoms with E-state index in [1.807, 2.05) is 18.2 Å². The van der Waals surface area contributed by atoms with Crippen molar-refractivity contribution in [3.63, 3.8) is 0 Å². The highest BCUT2D eigenvalue weighted by Crippen LogP contribution is 2.27. The second-order valence-electron chi connectivity index (χ2n) is 4.69. The molecule has 0 radical (unpaired) electrons. The van der Waals surface area contributed by atoms with Crippen LogP contribution in [0.5, 0.6) is 5.75 Å². The average Bonchev–Trinajstić information content (AvgIpc) is 2.32. The molecule has 0 N–H and O–H groups in total. The predicted molar refractivity (Wildman–Crippen MR) is 63.9 cm³/mol. The lowest BCUT2D eigenvalue weighted by molar-refractivity contribution is 0.112. The van der Waals surface area contributed by atoms with E-state index in [1.54, 1.807) is 6.07 Å². The number of ether oxygens (including phenoxy) is 1. The van der Waals surface area contributed by atoms with Gasteiger partial charge in [0.1, 0.15) is 12.0 Å². The molecule has 0 aliphatic heterocycles. The molecule has 0 atom stereocenters. The van der Waals surface area contributed by atoms with E-state index < -0.39 is 0 Å². The molecule has 0 amide bonds. The Morgan fingerprint density at radius 3 is 2.69 bits per heavy atom. The van der Waals surface area contributed by atoms with Crippen molar-refractivity contribution in [2.24, 2.45) is 5.92 Å². The summed E-state index contributed by atoms with van der Waals surface area (Å²) in [4.78, 5) is 10.6. The van der Waals surface area contributed by atoms with Crippen molar-refractivity contribution in [1.82, 2.24) is 0 Å². The van der Waals surface area contributed by atoms with Crippen LogP contribution < -0.4 is 4.74 Å². The van der Waals surface area contributed by atoms with Crippen molar-refractivity contribution in [3.05, 3.63) is 29.8 Å². The van der Waals surface area contributed by atoms with E-state index in [1.165, 1.54) is 12.8 Å². The maximum absolute atomic E-state index is 10.6. The lowest BCUT2D eigenvalue weighted by Crippen LogP contribution is -2.23. The fraction of sp³-hybridized carbons (Fsp3) is 0.500. The van der Waals surface area contributed by atoms with Crippen molar-refractivity contribution in [2.45, 2.75) is 38.7 Å². The largest absolute Gasteiger partial charge is 0.490 e. The maximum atomic E-state index is 10.6. The van der Waals surface area contributed by atoms with Crippen molar-refractivity contribution < 1.29 is 9.53 Å². The number of rotatable bonds is 3. The highest BCUT2D eigenvalue weighted by molar-refractivity contribution is 5.75. The molecule has 0 bridgehead atoms. The fourth-order valence-corrected chi connectivity index (χ4v) is 2.20. The molecule has 0 saturated heterocycles. The summed E-state index contributed by atoms with van der Waals surface area (Å²) in [5, 5.41) is 0. The number of carbonyl (C=O) groups is 1. The molecule has 1 aromatic rings. The molecule has 1 aliphatic carbocycles. The van der Waals surface area contributed by atoms with E-state index in [0.29, 0.717) is 11.7 Å². The molecule has 0 unspecified atom stereocenters. The van der Waals surface area contributed by atoms with Crippen LogP contribution in [0.15, 0.2) is 24.3 Å². The first-order valence-electron chi connectivity index (χ1n) is 6.00. The van der Waals surface area contributed by atoms with Gasteiger partial charge in [-0.3, -0.25) is 4.79 Å². The fourth-order valence-electron chi connectivity index (χ4n) is 2.20. The lowest BCUT2D eigenvalue weighted by atomic mass is 9.89. The first kappa shape index (κ1) is 11.2. The normalized spacial score (nSPS) is 25.1. The van der Waals surface area contributed by atoms with Crippen LogP contribution in [-0.2, 0) is 0 Å². The molecule has 0 aromatic heterocycles. The molecule has 2 nitrogen and oxygen atoms in total. The zero-order chi connectivity index (χ0) is 11.4. The van der Waals surface area contributed by atoms with E-state index in [0.717, 1.165) is 30.8 Å². The summed E-state index contributed by atoms with van der Waals surface area (Å²) in [7, 11) is 0. The average molecular weight is 218 g/mol. The van der Waals surface area contributed by atoms with Crippen LogP contribution in [-0.4, -0.2) is 12.4 Å². The number of hydrogen-bond acceptors (Lipinski definition) is 2. The highest BCUT2D eigenvalue weighted by Gasteiger charge is 2.19. The number of carbonyl (C=O) groups excluding carboxylic acids is 1. The van der Waals surface area contributed by atoms with Gasteiger partial charge in [-0.25, -0.2) is 0 Å². The van der Waals surface area contributed by atoms with Gasteiger partial charge < -0.3 is 4.74 Å². The Balaban J connectivity index is 1.95. The second-order valence-corrected chi connectivity index (χ2v) is 4.69. The van der Waals surface area contributed by atoms with Crippen LogP contribution >= 0.6 is 0 Å². The van der Waals surface area contributed by atoms with Crippen LogP contribution in [0, 0.1) is 5.92 Å². The summed E-state index contributed by atoms with van der Waals surface area (Å²) in [5.74, 6) is 1.66. The standard InChI is InChI=1S/C14H18O2/c1-11-5-7-13(8-6-11)16-14-4-2-3-12(9-14)10-15/h2-4,9-11,13H,5-8H2,1H3. The van der Waals surface area contributed by atoms with Crippen LogP contribution in [0.25, 0.3) is 0 Å². The molecule has 2 heteroatoms. The SMILES string of the molecule is CC1CCC(Oc2cccc(C=O)c2)CC1. The number of hydrogen-bond donors (Lipinski definition) is 0.